The third kappa shape index (κ3) is 5.67. The first-order valence-electron chi connectivity index (χ1n) is 10.2. The summed E-state index contributed by atoms with van der Waals surface area (Å²) >= 11 is 1.29. The van der Waals surface area contributed by atoms with Gasteiger partial charge in [-0.05, 0) is 59.5 Å². The van der Waals surface area contributed by atoms with Gasteiger partial charge in [0.15, 0.2) is 0 Å². The summed E-state index contributed by atoms with van der Waals surface area (Å²) in [5, 5.41) is 1.79. The minimum atomic E-state index is -4.23. The molecule has 1 amide bonds. The van der Waals surface area contributed by atoms with Crippen molar-refractivity contribution in [2.45, 2.75) is 18.0 Å². The second-order valence-electron chi connectivity index (χ2n) is 7.36. The van der Waals surface area contributed by atoms with Gasteiger partial charge in [-0.25, -0.2) is 8.78 Å². The van der Waals surface area contributed by atoms with Crippen molar-refractivity contribution in [1.82, 2.24) is 4.90 Å². The van der Waals surface area contributed by atoms with Crippen molar-refractivity contribution in [3.05, 3.63) is 118 Å². The summed E-state index contributed by atoms with van der Waals surface area (Å²) in [5.74, 6) is -1.15. The van der Waals surface area contributed by atoms with Crippen LogP contribution in [0.4, 0.5) is 8.78 Å². The fourth-order valence-electron chi connectivity index (χ4n) is 3.25. The minimum absolute atomic E-state index is 0.0449. The normalized spacial score (nSPS) is 11.2. The molecule has 0 saturated heterocycles. The van der Waals surface area contributed by atoms with Gasteiger partial charge < -0.3 is 9.08 Å². The first-order chi connectivity index (χ1) is 16.3. The number of hydrogen-bond acceptors (Lipinski definition) is 5. The molecule has 0 radical (unpaired) electrons. The number of carbonyl (C=O) groups excluding carboxylic acids is 1. The smallest absolute Gasteiger partial charge is 0.339 e. The molecule has 5 nitrogen and oxygen atoms in total. The van der Waals surface area contributed by atoms with E-state index in [9.17, 15) is 22.0 Å². The third-order valence-corrected chi connectivity index (χ3v) is 7.05. The molecule has 9 heteroatoms. The molecule has 0 bridgehead atoms. The van der Waals surface area contributed by atoms with Gasteiger partial charge in [0.2, 0.25) is 0 Å². The van der Waals surface area contributed by atoms with Gasteiger partial charge in [0.25, 0.3) is 5.91 Å². The lowest BCUT2D eigenvalue weighted by atomic mass is 10.1. The molecule has 0 N–H and O–H groups in total. The van der Waals surface area contributed by atoms with Crippen LogP contribution in [0.5, 0.6) is 5.75 Å². The quantitative estimate of drug-likeness (QED) is 0.295. The van der Waals surface area contributed by atoms with Crippen LogP contribution in [-0.2, 0) is 23.2 Å². The van der Waals surface area contributed by atoms with Crippen LogP contribution in [0.3, 0.4) is 0 Å². The van der Waals surface area contributed by atoms with Crippen molar-refractivity contribution >= 4 is 27.4 Å². The van der Waals surface area contributed by atoms with Crippen LogP contribution in [0.25, 0.3) is 0 Å². The number of para-hydroxylation sites is 1. The largest absolute Gasteiger partial charge is 0.379 e. The molecule has 0 aliphatic heterocycles. The fourth-order valence-corrected chi connectivity index (χ4v) is 4.91. The Labute approximate surface area is 200 Å². The number of halogens is 2. The van der Waals surface area contributed by atoms with E-state index in [1.165, 1.54) is 34.4 Å². The molecule has 0 aliphatic carbocycles. The molecule has 34 heavy (non-hydrogen) atoms. The van der Waals surface area contributed by atoms with Crippen molar-refractivity contribution in [2.75, 3.05) is 0 Å². The van der Waals surface area contributed by atoms with Crippen molar-refractivity contribution in [1.29, 1.82) is 0 Å². The standard InChI is InChI=1S/C25H19F2NO4S2/c26-20-9-7-18(8-10-20)16-28(25(29)24-6-3-15-33-24)17-19-4-1-2-5-23(19)32-34(30,31)22-13-11-21(27)12-14-22/h1-15H,16-17H2. The summed E-state index contributed by atoms with van der Waals surface area (Å²) in [6.07, 6.45) is 0. The molecule has 3 aromatic carbocycles. The molecule has 1 heterocycles. The summed E-state index contributed by atoms with van der Waals surface area (Å²) in [6, 6.07) is 20.1. The Bertz CT molecular complexity index is 1370. The number of benzene rings is 3. The molecular weight excluding hydrogens is 480 g/mol. The summed E-state index contributed by atoms with van der Waals surface area (Å²) < 4.78 is 57.4. The first kappa shape index (κ1) is 23.6. The number of thiophene rings is 1. The molecule has 1 aromatic heterocycles. The van der Waals surface area contributed by atoms with E-state index in [0.717, 1.165) is 24.3 Å². The van der Waals surface area contributed by atoms with Crippen molar-refractivity contribution < 1.29 is 26.2 Å². The van der Waals surface area contributed by atoms with Crippen LogP contribution in [0.15, 0.2) is 95.2 Å². The Morgan fingerprint density at radius 3 is 2.12 bits per heavy atom. The Morgan fingerprint density at radius 2 is 1.47 bits per heavy atom. The van der Waals surface area contributed by atoms with Gasteiger partial charge in [-0.15, -0.1) is 11.3 Å². The van der Waals surface area contributed by atoms with Crippen LogP contribution < -0.4 is 4.18 Å². The van der Waals surface area contributed by atoms with E-state index in [0.29, 0.717) is 16.0 Å². The molecule has 0 spiro atoms. The van der Waals surface area contributed by atoms with E-state index in [1.54, 1.807) is 47.8 Å². The maximum atomic E-state index is 13.4. The molecule has 0 unspecified atom stereocenters. The lowest BCUT2D eigenvalue weighted by Crippen LogP contribution is -2.30. The molecular formula is C25H19F2NO4S2. The summed E-state index contributed by atoms with van der Waals surface area (Å²) in [5.41, 5.74) is 1.17. The van der Waals surface area contributed by atoms with Gasteiger partial charge in [-0.3, -0.25) is 4.79 Å². The van der Waals surface area contributed by atoms with Gasteiger partial charge in [-0.1, -0.05) is 36.4 Å². The molecule has 0 fully saturated rings. The number of rotatable bonds is 8. The maximum absolute atomic E-state index is 13.4. The predicted molar refractivity (Wildman–Crippen MR) is 125 cm³/mol. The van der Waals surface area contributed by atoms with Gasteiger partial charge in [0.05, 0.1) is 11.4 Å². The average Bonchev–Trinajstić information content (AvgIpc) is 3.36. The monoisotopic (exact) mass is 499 g/mol. The molecule has 0 aliphatic rings. The van der Waals surface area contributed by atoms with Gasteiger partial charge in [-0.2, -0.15) is 8.42 Å². The highest BCUT2D eigenvalue weighted by Gasteiger charge is 2.22. The zero-order chi connectivity index (χ0) is 24.1. The van der Waals surface area contributed by atoms with E-state index in [-0.39, 0.29) is 35.5 Å². The topological polar surface area (TPSA) is 63.7 Å². The van der Waals surface area contributed by atoms with E-state index in [2.05, 4.69) is 0 Å². The molecule has 4 aromatic rings. The summed E-state index contributed by atoms with van der Waals surface area (Å²) in [6.45, 7) is 0.222. The van der Waals surface area contributed by atoms with Gasteiger partial charge in [0.1, 0.15) is 22.3 Å². The van der Waals surface area contributed by atoms with Crippen LogP contribution in [0, 0.1) is 11.6 Å². The number of hydrogen-bond donors (Lipinski definition) is 0. The highest BCUT2D eigenvalue weighted by atomic mass is 32.2. The van der Waals surface area contributed by atoms with Gasteiger partial charge >= 0.3 is 10.1 Å². The van der Waals surface area contributed by atoms with E-state index < -0.39 is 15.9 Å². The second-order valence-corrected chi connectivity index (χ2v) is 9.86. The third-order valence-electron chi connectivity index (χ3n) is 4.94. The first-order valence-corrected chi connectivity index (χ1v) is 12.5. The van der Waals surface area contributed by atoms with E-state index >= 15 is 0 Å². The maximum Gasteiger partial charge on any atom is 0.339 e. The number of carbonyl (C=O) groups is 1. The number of nitrogens with zero attached hydrogens (tertiary/aromatic N) is 1. The summed E-state index contributed by atoms with van der Waals surface area (Å²) in [7, 11) is -4.23. The van der Waals surface area contributed by atoms with Gasteiger partial charge in [0, 0.05) is 12.1 Å². The SMILES string of the molecule is O=C(c1cccs1)N(Cc1ccc(F)cc1)Cc1ccccc1OS(=O)(=O)c1ccc(F)cc1. The highest BCUT2D eigenvalue weighted by molar-refractivity contribution is 7.87. The fraction of sp³-hybridized carbons (Fsp3) is 0.0800. The second kappa shape index (κ2) is 10.1. The summed E-state index contributed by atoms with van der Waals surface area (Å²) in [4.78, 5) is 15.1. The number of amides is 1. The predicted octanol–water partition coefficient (Wildman–Crippen LogP) is 5.64. The highest BCUT2D eigenvalue weighted by Crippen LogP contribution is 2.26. The lowest BCUT2D eigenvalue weighted by Gasteiger charge is -2.23. The Hall–Kier alpha value is -3.56. The Morgan fingerprint density at radius 1 is 0.824 bits per heavy atom. The Kier molecular flexibility index (Phi) is 7.04. The lowest BCUT2D eigenvalue weighted by molar-refractivity contribution is 0.0734. The van der Waals surface area contributed by atoms with Crippen molar-refractivity contribution in [3.63, 3.8) is 0 Å². The van der Waals surface area contributed by atoms with E-state index in [1.807, 2.05) is 0 Å². The van der Waals surface area contributed by atoms with Crippen molar-refractivity contribution in [2.24, 2.45) is 0 Å². The van der Waals surface area contributed by atoms with Crippen LogP contribution in [0.1, 0.15) is 20.8 Å². The molecule has 0 saturated carbocycles. The zero-order valence-corrected chi connectivity index (χ0v) is 19.4. The average molecular weight is 500 g/mol. The zero-order valence-electron chi connectivity index (χ0n) is 17.7. The minimum Gasteiger partial charge on any atom is -0.379 e. The molecule has 174 valence electrons. The Balaban J connectivity index is 1.63. The molecule has 4 rings (SSSR count). The van der Waals surface area contributed by atoms with Crippen LogP contribution in [0.2, 0.25) is 0 Å². The van der Waals surface area contributed by atoms with Crippen LogP contribution in [-0.4, -0.2) is 19.2 Å². The van der Waals surface area contributed by atoms with Crippen molar-refractivity contribution in [3.8, 4) is 5.75 Å². The van der Waals surface area contributed by atoms with E-state index in [4.69, 9.17) is 4.18 Å². The molecule has 0 atom stereocenters. The van der Waals surface area contributed by atoms with Crippen LogP contribution >= 0.6 is 11.3 Å².